The minimum Gasteiger partial charge on any atom is -0.383 e. The first-order valence-electron chi connectivity index (χ1n) is 7.78. The van der Waals surface area contributed by atoms with Crippen molar-refractivity contribution in [3.05, 3.63) is 0 Å². The quantitative estimate of drug-likeness (QED) is 0.649. The molecule has 0 aliphatic heterocycles. The number of methoxy groups -OCH3 is 1. The summed E-state index contributed by atoms with van der Waals surface area (Å²) in [5.41, 5.74) is 0. The fourth-order valence-corrected chi connectivity index (χ4v) is 2.61. The molecule has 5 nitrogen and oxygen atoms in total. The van der Waals surface area contributed by atoms with E-state index in [0.29, 0.717) is 25.7 Å². The second-order valence-electron chi connectivity index (χ2n) is 5.89. The van der Waals surface area contributed by atoms with Crippen molar-refractivity contribution in [3.63, 3.8) is 0 Å². The average molecular weight is 285 g/mol. The molecule has 20 heavy (non-hydrogen) atoms. The van der Waals surface area contributed by atoms with Crippen LogP contribution in [0.5, 0.6) is 0 Å². The van der Waals surface area contributed by atoms with Gasteiger partial charge in [-0.3, -0.25) is 4.79 Å². The Hall–Kier alpha value is -0.650. The Bertz CT molecular complexity index is 266. The summed E-state index contributed by atoms with van der Waals surface area (Å²) in [4.78, 5) is 16.3. The van der Waals surface area contributed by atoms with Gasteiger partial charge in [0.1, 0.15) is 0 Å². The molecule has 0 aromatic rings. The summed E-state index contributed by atoms with van der Waals surface area (Å²) < 4.78 is 5.10. The Balaban J connectivity index is 2.29. The van der Waals surface area contributed by atoms with Crippen LogP contribution in [0, 0.1) is 0 Å². The van der Waals surface area contributed by atoms with Gasteiger partial charge in [0.05, 0.1) is 13.2 Å². The van der Waals surface area contributed by atoms with Crippen molar-refractivity contribution in [1.82, 2.24) is 15.1 Å². The van der Waals surface area contributed by atoms with Gasteiger partial charge >= 0.3 is 0 Å². The molecular weight excluding hydrogens is 254 g/mol. The van der Waals surface area contributed by atoms with Crippen molar-refractivity contribution in [2.75, 3.05) is 54.0 Å². The highest BCUT2D eigenvalue weighted by atomic mass is 16.5. The molecule has 118 valence electrons. The van der Waals surface area contributed by atoms with Gasteiger partial charge in [-0.2, -0.15) is 0 Å². The molecule has 1 amide bonds. The van der Waals surface area contributed by atoms with Gasteiger partial charge in [0.2, 0.25) is 5.91 Å². The van der Waals surface area contributed by atoms with Crippen molar-refractivity contribution < 1.29 is 9.53 Å². The van der Waals surface area contributed by atoms with Crippen LogP contribution >= 0.6 is 0 Å². The summed E-state index contributed by atoms with van der Waals surface area (Å²) in [6.07, 6.45) is 6.02. The van der Waals surface area contributed by atoms with Gasteiger partial charge in [0.25, 0.3) is 0 Å². The van der Waals surface area contributed by atoms with Gasteiger partial charge in [-0.05, 0) is 39.9 Å². The maximum Gasteiger partial charge on any atom is 0.236 e. The molecule has 0 aromatic heterocycles. The third kappa shape index (κ3) is 7.22. The van der Waals surface area contributed by atoms with Gasteiger partial charge in [0, 0.05) is 26.2 Å². The summed E-state index contributed by atoms with van der Waals surface area (Å²) in [5.74, 6) is 0.202. The van der Waals surface area contributed by atoms with Crippen LogP contribution in [0.3, 0.4) is 0 Å². The Morgan fingerprint density at radius 3 is 2.50 bits per heavy atom. The van der Waals surface area contributed by atoms with Crippen molar-refractivity contribution in [3.8, 4) is 0 Å². The van der Waals surface area contributed by atoms with Crippen LogP contribution in [0.4, 0.5) is 0 Å². The van der Waals surface area contributed by atoms with E-state index in [1.165, 1.54) is 25.7 Å². The van der Waals surface area contributed by atoms with E-state index in [1.54, 1.807) is 7.11 Å². The number of carbonyl (C=O) groups is 1. The van der Waals surface area contributed by atoms with E-state index in [4.69, 9.17) is 4.74 Å². The minimum atomic E-state index is 0.202. The standard InChI is InChI=1S/C15H31N3O2/c1-17(2)9-6-10-18(11-12-20-3)15(19)13-16-14-7-4-5-8-14/h14,16H,4-13H2,1-3H3. The predicted octanol–water partition coefficient (Wildman–Crippen LogP) is 0.945. The third-order valence-corrected chi connectivity index (χ3v) is 3.85. The van der Waals surface area contributed by atoms with E-state index >= 15 is 0 Å². The van der Waals surface area contributed by atoms with Crippen LogP contribution in [0.15, 0.2) is 0 Å². The monoisotopic (exact) mass is 285 g/mol. The Kier molecular flexibility index (Phi) is 8.82. The number of hydrogen-bond acceptors (Lipinski definition) is 4. The van der Waals surface area contributed by atoms with E-state index in [9.17, 15) is 4.79 Å². The fourth-order valence-electron chi connectivity index (χ4n) is 2.61. The SMILES string of the molecule is COCCN(CCCN(C)C)C(=O)CNC1CCCC1. The smallest absolute Gasteiger partial charge is 0.236 e. The van der Waals surface area contributed by atoms with Gasteiger partial charge < -0.3 is 19.9 Å². The number of rotatable bonds is 10. The lowest BCUT2D eigenvalue weighted by Crippen LogP contribution is -2.43. The zero-order chi connectivity index (χ0) is 14.8. The molecule has 1 saturated carbocycles. The predicted molar refractivity (Wildman–Crippen MR) is 81.9 cm³/mol. The van der Waals surface area contributed by atoms with E-state index < -0.39 is 0 Å². The Morgan fingerprint density at radius 1 is 1.20 bits per heavy atom. The largest absolute Gasteiger partial charge is 0.383 e. The maximum atomic E-state index is 12.3. The Labute approximate surface area is 123 Å². The molecule has 0 radical (unpaired) electrons. The van der Waals surface area contributed by atoms with E-state index in [-0.39, 0.29) is 5.91 Å². The van der Waals surface area contributed by atoms with Crippen molar-refractivity contribution in [2.24, 2.45) is 0 Å². The summed E-state index contributed by atoms with van der Waals surface area (Å²) in [6.45, 7) is 3.59. The zero-order valence-electron chi connectivity index (χ0n) is 13.4. The minimum absolute atomic E-state index is 0.202. The molecule has 1 rings (SSSR count). The highest BCUT2D eigenvalue weighted by Gasteiger charge is 2.18. The molecule has 0 spiro atoms. The molecule has 0 saturated heterocycles. The van der Waals surface area contributed by atoms with Crippen LogP contribution in [-0.2, 0) is 9.53 Å². The molecule has 0 aromatic carbocycles. The van der Waals surface area contributed by atoms with Crippen LogP contribution in [0.25, 0.3) is 0 Å². The van der Waals surface area contributed by atoms with E-state index in [1.807, 2.05) is 4.90 Å². The first-order chi connectivity index (χ1) is 9.63. The van der Waals surface area contributed by atoms with Gasteiger partial charge in [0.15, 0.2) is 0 Å². The van der Waals surface area contributed by atoms with E-state index in [0.717, 1.165) is 19.5 Å². The van der Waals surface area contributed by atoms with Gasteiger partial charge in [-0.1, -0.05) is 12.8 Å². The molecular formula is C15H31N3O2. The van der Waals surface area contributed by atoms with Crippen molar-refractivity contribution in [1.29, 1.82) is 0 Å². The molecule has 0 atom stereocenters. The second-order valence-corrected chi connectivity index (χ2v) is 5.89. The number of hydrogen-bond donors (Lipinski definition) is 1. The molecule has 1 fully saturated rings. The molecule has 5 heteroatoms. The van der Waals surface area contributed by atoms with Crippen molar-refractivity contribution >= 4 is 5.91 Å². The number of amides is 1. The van der Waals surface area contributed by atoms with Gasteiger partial charge in [-0.25, -0.2) is 0 Å². The Morgan fingerprint density at radius 2 is 1.90 bits per heavy atom. The lowest BCUT2D eigenvalue weighted by molar-refractivity contribution is -0.131. The summed E-state index contributed by atoms with van der Waals surface area (Å²) in [7, 11) is 5.80. The highest BCUT2D eigenvalue weighted by Crippen LogP contribution is 2.17. The molecule has 0 bridgehead atoms. The summed E-state index contributed by atoms with van der Waals surface area (Å²) in [5, 5.41) is 3.40. The third-order valence-electron chi connectivity index (χ3n) is 3.85. The lowest BCUT2D eigenvalue weighted by Gasteiger charge is -2.24. The number of ether oxygens (including phenoxy) is 1. The average Bonchev–Trinajstić information content (AvgIpc) is 2.92. The number of carbonyl (C=O) groups excluding carboxylic acids is 1. The molecule has 0 unspecified atom stereocenters. The second kappa shape index (κ2) is 10.1. The first kappa shape index (κ1) is 17.4. The van der Waals surface area contributed by atoms with E-state index in [2.05, 4.69) is 24.3 Å². The highest BCUT2D eigenvalue weighted by molar-refractivity contribution is 5.78. The maximum absolute atomic E-state index is 12.3. The molecule has 1 aliphatic rings. The zero-order valence-corrected chi connectivity index (χ0v) is 13.4. The molecule has 1 aliphatic carbocycles. The van der Waals surface area contributed by atoms with Crippen molar-refractivity contribution in [2.45, 2.75) is 38.1 Å². The molecule has 0 heterocycles. The van der Waals surface area contributed by atoms with Crippen LogP contribution in [-0.4, -0.2) is 75.7 Å². The number of nitrogens with one attached hydrogen (secondary N) is 1. The summed E-state index contributed by atoms with van der Waals surface area (Å²) in [6, 6.07) is 0.546. The van der Waals surface area contributed by atoms with Crippen LogP contribution in [0.2, 0.25) is 0 Å². The van der Waals surface area contributed by atoms with Crippen LogP contribution < -0.4 is 5.32 Å². The summed E-state index contributed by atoms with van der Waals surface area (Å²) >= 11 is 0. The first-order valence-corrected chi connectivity index (χ1v) is 7.78. The molecule has 1 N–H and O–H groups in total. The normalized spacial score (nSPS) is 16.0. The van der Waals surface area contributed by atoms with Crippen LogP contribution in [0.1, 0.15) is 32.1 Å². The lowest BCUT2D eigenvalue weighted by atomic mass is 10.2. The fraction of sp³-hybridized carbons (Fsp3) is 0.933. The number of nitrogens with zero attached hydrogens (tertiary/aromatic N) is 2. The topological polar surface area (TPSA) is 44.8 Å². The van der Waals surface area contributed by atoms with Gasteiger partial charge in [-0.15, -0.1) is 0 Å².